The second-order valence-electron chi connectivity index (χ2n) is 6.07. The van der Waals surface area contributed by atoms with E-state index < -0.39 is 5.54 Å². The van der Waals surface area contributed by atoms with Crippen molar-refractivity contribution >= 4 is 22.4 Å². The van der Waals surface area contributed by atoms with E-state index >= 15 is 0 Å². The number of pyridine rings is 1. The van der Waals surface area contributed by atoms with E-state index in [1.165, 1.54) is 17.7 Å². The standard InChI is InChI=1S/C16H17N7OS/c24-14(16(6-2-1-3-7-16)23-11-18-21-22-23)20-15-19-13(10-25-15)12-4-8-17-9-5-12/h4-5,8-11H,1-3,6-7H2,(H,19,20,24). The molecule has 3 aromatic rings. The molecule has 8 nitrogen and oxygen atoms in total. The number of carbonyl (C=O) groups is 1. The lowest BCUT2D eigenvalue weighted by atomic mass is 9.81. The van der Waals surface area contributed by atoms with Gasteiger partial charge in [0.2, 0.25) is 0 Å². The first-order valence-corrected chi connectivity index (χ1v) is 9.07. The summed E-state index contributed by atoms with van der Waals surface area (Å²) >= 11 is 1.41. The van der Waals surface area contributed by atoms with Crippen LogP contribution in [0.4, 0.5) is 5.13 Å². The summed E-state index contributed by atoms with van der Waals surface area (Å²) in [7, 11) is 0. The van der Waals surface area contributed by atoms with Crippen LogP contribution in [0.2, 0.25) is 0 Å². The van der Waals surface area contributed by atoms with Crippen LogP contribution >= 0.6 is 11.3 Å². The lowest BCUT2D eigenvalue weighted by molar-refractivity contribution is -0.126. The normalized spacial score (nSPS) is 16.5. The molecule has 1 aliphatic rings. The van der Waals surface area contributed by atoms with Crippen molar-refractivity contribution in [3.05, 3.63) is 36.2 Å². The molecule has 0 atom stereocenters. The maximum atomic E-state index is 13.1. The van der Waals surface area contributed by atoms with Crippen molar-refractivity contribution in [2.45, 2.75) is 37.6 Å². The fourth-order valence-corrected chi connectivity index (χ4v) is 3.97. The fraction of sp³-hybridized carbons (Fsp3) is 0.375. The number of hydrogen-bond donors (Lipinski definition) is 1. The molecule has 0 radical (unpaired) electrons. The van der Waals surface area contributed by atoms with Crippen LogP contribution in [0, 0.1) is 0 Å². The van der Waals surface area contributed by atoms with Gasteiger partial charge in [-0.25, -0.2) is 9.67 Å². The first-order chi connectivity index (χ1) is 12.3. The van der Waals surface area contributed by atoms with Crippen molar-refractivity contribution in [1.82, 2.24) is 30.2 Å². The highest BCUT2D eigenvalue weighted by Crippen LogP contribution is 2.36. The van der Waals surface area contributed by atoms with Gasteiger partial charge in [-0.15, -0.1) is 16.4 Å². The Morgan fingerprint density at radius 2 is 2.00 bits per heavy atom. The van der Waals surface area contributed by atoms with Gasteiger partial charge in [-0.05, 0) is 35.4 Å². The number of nitrogens with zero attached hydrogens (tertiary/aromatic N) is 6. The Bertz CT molecular complexity index is 841. The van der Waals surface area contributed by atoms with Gasteiger partial charge in [-0.2, -0.15) is 0 Å². The van der Waals surface area contributed by atoms with Crippen molar-refractivity contribution in [1.29, 1.82) is 0 Å². The van der Waals surface area contributed by atoms with Gasteiger partial charge in [0, 0.05) is 23.3 Å². The minimum absolute atomic E-state index is 0.102. The molecule has 0 aromatic carbocycles. The number of nitrogens with one attached hydrogen (secondary N) is 1. The van der Waals surface area contributed by atoms with E-state index in [0.717, 1.165) is 43.4 Å². The van der Waals surface area contributed by atoms with Gasteiger partial charge in [0.15, 0.2) is 5.13 Å². The number of aromatic nitrogens is 6. The molecule has 0 aliphatic heterocycles. The summed E-state index contributed by atoms with van der Waals surface area (Å²) in [5, 5.41) is 16.9. The first kappa shape index (κ1) is 15.8. The van der Waals surface area contributed by atoms with E-state index in [1.54, 1.807) is 17.1 Å². The summed E-state index contributed by atoms with van der Waals surface area (Å²) in [6, 6.07) is 3.79. The van der Waals surface area contributed by atoms with Crippen LogP contribution in [-0.2, 0) is 10.3 Å². The largest absolute Gasteiger partial charge is 0.300 e. The van der Waals surface area contributed by atoms with Crippen molar-refractivity contribution in [2.75, 3.05) is 5.32 Å². The topological polar surface area (TPSA) is 98.5 Å². The van der Waals surface area contributed by atoms with E-state index in [1.807, 2.05) is 17.5 Å². The summed E-state index contributed by atoms with van der Waals surface area (Å²) in [6.07, 6.45) is 9.51. The van der Waals surface area contributed by atoms with Crippen molar-refractivity contribution < 1.29 is 4.79 Å². The molecule has 1 N–H and O–H groups in total. The summed E-state index contributed by atoms with van der Waals surface area (Å²) in [4.78, 5) is 21.6. The summed E-state index contributed by atoms with van der Waals surface area (Å²) in [5.74, 6) is -0.102. The monoisotopic (exact) mass is 355 g/mol. The summed E-state index contributed by atoms with van der Waals surface area (Å²) < 4.78 is 1.60. The maximum Gasteiger partial charge on any atom is 0.254 e. The average molecular weight is 355 g/mol. The third-order valence-electron chi connectivity index (χ3n) is 4.59. The Morgan fingerprint density at radius 1 is 1.20 bits per heavy atom. The third kappa shape index (κ3) is 3.02. The zero-order valence-electron chi connectivity index (χ0n) is 13.5. The summed E-state index contributed by atoms with van der Waals surface area (Å²) in [6.45, 7) is 0. The Labute approximate surface area is 148 Å². The number of tetrazole rings is 1. The maximum absolute atomic E-state index is 13.1. The van der Waals surface area contributed by atoms with Crippen LogP contribution in [0.3, 0.4) is 0 Å². The number of hydrogen-bond acceptors (Lipinski definition) is 7. The molecule has 0 unspecified atom stereocenters. The minimum atomic E-state index is -0.732. The predicted octanol–water partition coefficient (Wildman–Crippen LogP) is 2.49. The van der Waals surface area contributed by atoms with E-state index in [9.17, 15) is 4.79 Å². The second-order valence-corrected chi connectivity index (χ2v) is 6.93. The van der Waals surface area contributed by atoms with Gasteiger partial charge in [-0.1, -0.05) is 19.3 Å². The van der Waals surface area contributed by atoms with Gasteiger partial charge in [0.05, 0.1) is 5.69 Å². The quantitative estimate of drug-likeness (QED) is 0.772. The van der Waals surface area contributed by atoms with Crippen LogP contribution in [-0.4, -0.2) is 36.1 Å². The SMILES string of the molecule is O=C(Nc1nc(-c2ccncc2)cs1)C1(n2cnnn2)CCCCC1. The van der Waals surface area contributed by atoms with Gasteiger partial charge < -0.3 is 0 Å². The van der Waals surface area contributed by atoms with Crippen LogP contribution in [0.25, 0.3) is 11.3 Å². The Balaban J connectivity index is 1.57. The van der Waals surface area contributed by atoms with Gasteiger partial charge in [0.25, 0.3) is 5.91 Å². The van der Waals surface area contributed by atoms with Crippen molar-refractivity contribution in [3.8, 4) is 11.3 Å². The highest BCUT2D eigenvalue weighted by molar-refractivity contribution is 7.14. The van der Waals surface area contributed by atoms with E-state index in [2.05, 4.69) is 30.8 Å². The molecule has 1 saturated carbocycles. The minimum Gasteiger partial charge on any atom is -0.300 e. The molecule has 1 fully saturated rings. The number of rotatable bonds is 4. The molecular formula is C16H17N7OS. The lowest BCUT2D eigenvalue weighted by Crippen LogP contribution is -2.47. The van der Waals surface area contributed by atoms with Gasteiger partial charge >= 0.3 is 0 Å². The average Bonchev–Trinajstić information content (AvgIpc) is 3.35. The smallest absolute Gasteiger partial charge is 0.254 e. The van der Waals surface area contributed by atoms with Crippen molar-refractivity contribution in [2.24, 2.45) is 0 Å². The molecule has 0 bridgehead atoms. The molecule has 0 spiro atoms. The Kier molecular flexibility index (Phi) is 4.22. The molecular weight excluding hydrogens is 338 g/mol. The molecule has 128 valence electrons. The molecule has 9 heteroatoms. The highest BCUT2D eigenvalue weighted by atomic mass is 32.1. The Hall–Kier alpha value is -2.68. The van der Waals surface area contributed by atoms with E-state index in [0.29, 0.717) is 5.13 Å². The molecule has 0 saturated heterocycles. The van der Waals surface area contributed by atoms with Crippen LogP contribution < -0.4 is 5.32 Å². The molecule has 4 rings (SSSR count). The molecule has 25 heavy (non-hydrogen) atoms. The zero-order valence-corrected chi connectivity index (χ0v) is 14.3. The van der Waals surface area contributed by atoms with Crippen LogP contribution in [0.15, 0.2) is 36.2 Å². The summed E-state index contributed by atoms with van der Waals surface area (Å²) in [5.41, 5.74) is 1.06. The second kappa shape index (κ2) is 6.67. The molecule has 1 aliphatic carbocycles. The Morgan fingerprint density at radius 3 is 2.72 bits per heavy atom. The third-order valence-corrected chi connectivity index (χ3v) is 5.35. The zero-order chi connectivity index (χ0) is 17.1. The molecule has 3 aromatic heterocycles. The van der Waals surface area contributed by atoms with Crippen LogP contribution in [0.1, 0.15) is 32.1 Å². The van der Waals surface area contributed by atoms with Gasteiger partial charge in [0.1, 0.15) is 11.9 Å². The molecule has 1 amide bonds. The van der Waals surface area contributed by atoms with Crippen molar-refractivity contribution in [3.63, 3.8) is 0 Å². The number of thiazole rings is 1. The number of carbonyl (C=O) groups excluding carboxylic acids is 1. The van der Waals surface area contributed by atoms with Gasteiger partial charge in [-0.3, -0.25) is 15.1 Å². The number of anilines is 1. The predicted molar refractivity (Wildman–Crippen MR) is 92.9 cm³/mol. The van der Waals surface area contributed by atoms with Crippen LogP contribution in [0.5, 0.6) is 0 Å². The highest BCUT2D eigenvalue weighted by Gasteiger charge is 2.43. The first-order valence-electron chi connectivity index (χ1n) is 8.19. The van der Waals surface area contributed by atoms with E-state index in [-0.39, 0.29) is 5.91 Å². The number of amides is 1. The molecule has 3 heterocycles. The lowest BCUT2D eigenvalue weighted by Gasteiger charge is -2.34. The fourth-order valence-electron chi connectivity index (χ4n) is 3.25. The van der Waals surface area contributed by atoms with E-state index in [4.69, 9.17) is 0 Å².